The van der Waals surface area contributed by atoms with Crippen molar-refractivity contribution in [1.82, 2.24) is 14.9 Å². The number of benzene rings is 1. The van der Waals surface area contributed by atoms with E-state index in [4.69, 9.17) is 9.47 Å². The van der Waals surface area contributed by atoms with Gasteiger partial charge in [-0.15, -0.1) is 0 Å². The molecular formula is C17H17N3O3. The van der Waals surface area contributed by atoms with Crippen LogP contribution in [0.5, 0.6) is 0 Å². The maximum Gasteiger partial charge on any atom is 0.248 e. The van der Waals surface area contributed by atoms with E-state index < -0.39 is 5.60 Å². The second-order valence-corrected chi connectivity index (χ2v) is 5.89. The van der Waals surface area contributed by atoms with Gasteiger partial charge in [-0.05, 0) is 0 Å². The molecule has 1 aromatic heterocycles. The first-order valence-electron chi connectivity index (χ1n) is 7.54. The average molecular weight is 311 g/mol. The molecule has 1 saturated heterocycles. The Bertz CT molecular complexity index is 742. The lowest BCUT2D eigenvalue weighted by molar-refractivity contribution is -0.171. The highest BCUT2D eigenvalue weighted by molar-refractivity contribution is 5.79. The summed E-state index contributed by atoms with van der Waals surface area (Å²) < 4.78 is 10.8. The number of fused-ring (bicyclic) bond motifs is 2. The number of likely N-dealkylation sites (tertiary alicyclic amines) is 1. The molecule has 0 N–H and O–H groups in total. The van der Waals surface area contributed by atoms with Gasteiger partial charge in [-0.3, -0.25) is 4.79 Å². The molecule has 6 nitrogen and oxygen atoms in total. The van der Waals surface area contributed by atoms with Gasteiger partial charge in [0.15, 0.2) is 5.82 Å². The van der Waals surface area contributed by atoms with Gasteiger partial charge in [0.2, 0.25) is 5.91 Å². The lowest BCUT2D eigenvalue weighted by Crippen LogP contribution is -2.61. The topological polar surface area (TPSA) is 64.5 Å². The van der Waals surface area contributed by atoms with E-state index in [1.54, 1.807) is 4.90 Å². The molecule has 1 spiro atoms. The summed E-state index contributed by atoms with van der Waals surface area (Å²) in [5, 5.41) is 0. The fourth-order valence-electron chi connectivity index (χ4n) is 3.14. The Morgan fingerprint density at radius 2 is 2.13 bits per heavy atom. The first-order valence-corrected chi connectivity index (χ1v) is 7.54. The summed E-state index contributed by atoms with van der Waals surface area (Å²) in [5.74, 6) is 0.689. The maximum absolute atomic E-state index is 11.8. The lowest BCUT2D eigenvalue weighted by Gasteiger charge is -2.47. The first-order chi connectivity index (χ1) is 11.2. The fraction of sp³-hybridized carbons (Fsp3) is 0.353. The van der Waals surface area contributed by atoms with Gasteiger partial charge in [0.05, 0.1) is 25.4 Å². The zero-order chi connectivity index (χ0) is 15.9. The number of hydrogen-bond donors (Lipinski definition) is 0. The van der Waals surface area contributed by atoms with Gasteiger partial charge in [0, 0.05) is 24.4 Å². The number of rotatable bonds is 3. The summed E-state index contributed by atoms with van der Waals surface area (Å²) in [6.45, 7) is 1.64. The third-order valence-corrected chi connectivity index (χ3v) is 4.39. The minimum absolute atomic E-state index is 0.0167. The van der Waals surface area contributed by atoms with Gasteiger partial charge in [0.25, 0.3) is 0 Å². The average Bonchev–Trinajstić information content (AvgIpc) is 2.93. The molecule has 2 aromatic rings. The minimum atomic E-state index is -0.437. The van der Waals surface area contributed by atoms with Crippen LogP contribution in [0.25, 0.3) is 11.4 Å². The van der Waals surface area contributed by atoms with Crippen LogP contribution in [0, 0.1) is 0 Å². The highest BCUT2D eigenvalue weighted by Gasteiger charge is 2.52. The van der Waals surface area contributed by atoms with Gasteiger partial charge < -0.3 is 14.4 Å². The van der Waals surface area contributed by atoms with E-state index in [0.717, 1.165) is 16.8 Å². The Hall–Kier alpha value is -2.31. The van der Waals surface area contributed by atoms with Gasteiger partial charge in [-0.2, -0.15) is 0 Å². The number of ether oxygens (including phenoxy) is 2. The molecule has 2 aliphatic heterocycles. The molecule has 0 radical (unpaired) electrons. The molecule has 118 valence electrons. The predicted molar refractivity (Wildman–Crippen MR) is 82.4 cm³/mol. The molecule has 0 unspecified atom stereocenters. The summed E-state index contributed by atoms with van der Waals surface area (Å²) in [5.41, 5.74) is 2.46. The number of hydrogen-bond acceptors (Lipinski definition) is 5. The Kier molecular flexibility index (Phi) is 3.36. The monoisotopic (exact) mass is 311 g/mol. The zero-order valence-corrected chi connectivity index (χ0v) is 12.9. The predicted octanol–water partition coefficient (Wildman–Crippen LogP) is 1.36. The first kappa shape index (κ1) is 14.3. The maximum atomic E-state index is 11.8. The highest BCUT2D eigenvalue weighted by Crippen LogP contribution is 2.42. The van der Waals surface area contributed by atoms with Gasteiger partial charge in [-0.25, -0.2) is 9.97 Å². The van der Waals surface area contributed by atoms with Gasteiger partial charge >= 0.3 is 0 Å². The highest BCUT2D eigenvalue weighted by atomic mass is 16.5. The van der Waals surface area contributed by atoms with Crippen LogP contribution in [0.2, 0.25) is 0 Å². The Balaban J connectivity index is 1.56. The van der Waals surface area contributed by atoms with Crippen molar-refractivity contribution in [2.75, 3.05) is 26.8 Å². The van der Waals surface area contributed by atoms with Crippen molar-refractivity contribution in [3.8, 4) is 11.4 Å². The molecule has 2 aliphatic rings. The van der Waals surface area contributed by atoms with Crippen molar-refractivity contribution in [3.05, 3.63) is 47.8 Å². The van der Waals surface area contributed by atoms with Crippen molar-refractivity contribution in [3.63, 3.8) is 0 Å². The molecule has 6 heteroatoms. The van der Waals surface area contributed by atoms with Crippen molar-refractivity contribution in [1.29, 1.82) is 0 Å². The molecule has 4 rings (SSSR count). The number of carbonyl (C=O) groups excluding carboxylic acids is 1. The summed E-state index contributed by atoms with van der Waals surface area (Å²) >= 11 is 0. The third-order valence-electron chi connectivity index (χ3n) is 4.39. The molecule has 1 fully saturated rings. The van der Waals surface area contributed by atoms with E-state index in [-0.39, 0.29) is 12.5 Å². The molecule has 0 atom stereocenters. The van der Waals surface area contributed by atoms with Crippen LogP contribution in [0.3, 0.4) is 0 Å². The van der Waals surface area contributed by atoms with Crippen LogP contribution < -0.4 is 0 Å². The quantitative estimate of drug-likeness (QED) is 0.856. The van der Waals surface area contributed by atoms with Crippen LogP contribution in [0.1, 0.15) is 11.3 Å². The second-order valence-electron chi connectivity index (χ2n) is 5.89. The van der Waals surface area contributed by atoms with Crippen molar-refractivity contribution < 1.29 is 14.3 Å². The minimum Gasteiger partial charge on any atom is -0.375 e. The van der Waals surface area contributed by atoms with Gasteiger partial charge in [0.1, 0.15) is 12.2 Å². The standard InChI is InChI=1S/C17H17N3O3/c1-22-9-15(21)20-10-17(11-20)13-7-18-16(19-14(13)8-23-17)12-5-3-2-4-6-12/h2-7H,8-11H2,1H3. The molecule has 1 aromatic carbocycles. The molecule has 0 saturated carbocycles. The number of carbonyl (C=O) groups is 1. The van der Waals surface area contributed by atoms with Crippen LogP contribution in [0.15, 0.2) is 36.5 Å². The number of aromatic nitrogens is 2. The zero-order valence-electron chi connectivity index (χ0n) is 12.9. The van der Waals surface area contributed by atoms with E-state index in [1.165, 1.54) is 7.11 Å². The Morgan fingerprint density at radius 1 is 1.35 bits per heavy atom. The Morgan fingerprint density at radius 3 is 2.87 bits per heavy atom. The second kappa shape index (κ2) is 5.40. The number of methoxy groups -OCH3 is 1. The third kappa shape index (κ3) is 2.31. The summed E-state index contributed by atoms with van der Waals surface area (Å²) in [7, 11) is 1.52. The van der Waals surface area contributed by atoms with Crippen LogP contribution >= 0.6 is 0 Å². The summed E-state index contributed by atoms with van der Waals surface area (Å²) in [6.07, 6.45) is 1.84. The summed E-state index contributed by atoms with van der Waals surface area (Å²) in [4.78, 5) is 22.7. The van der Waals surface area contributed by atoms with E-state index in [2.05, 4.69) is 9.97 Å². The van der Waals surface area contributed by atoms with Crippen LogP contribution in [-0.2, 0) is 26.5 Å². The van der Waals surface area contributed by atoms with Crippen molar-refractivity contribution in [2.24, 2.45) is 0 Å². The number of nitrogens with zero attached hydrogens (tertiary/aromatic N) is 3. The van der Waals surface area contributed by atoms with Crippen molar-refractivity contribution in [2.45, 2.75) is 12.2 Å². The number of amides is 1. The van der Waals surface area contributed by atoms with Crippen LogP contribution in [-0.4, -0.2) is 47.6 Å². The lowest BCUT2D eigenvalue weighted by atomic mass is 9.87. The fourth-order valence-corrected chi connectivity index (χ4v) is 3.14. The van der Waals surface area contributed by atoms with Crippen molar-refractivity contribution >= 4 is 5.91 Å². The molecule has 3 heterocycles. The van der Waals surface area contributed by atoms with E-state index in [9.17, 15) is 4.79 Å². The molecule has 1 amide bonds. The molecule has 0 bridgehead atoms. The SMILES string of the molecule is COCC(=O)N1CC2(C1)OCc1nc(-c3ccccc3)ncc12. The van der Waals surface area contributed by atoms with E-state index in [1.807, 2.05) is 36.5 Å². The van der Waals surface area contributed by atoms with E-state index in [0.29, 0.717) is 25.5 Å². The molecular weight excluding hydrogens is 294 g/mol. The molecule has 23 heavy (non-hydrogen) atoms. The normalized spacial score (nSPS) is 17.9. The molecule has 0 aliphatic carbocycles. The Labute approximate surface area is 134 Å². The smallest absolute Gasteiger partial charge is 0.248 e. The summed E-state index contributed by atoms with van der Waals surface area (Å²) in [6, 6.07) is 9.88. The van der Waals surface area contributed by atoms with E-state index >= 15 is 0 Å². The van der Waals surface area contributed by atoms with Crippen LogP contribution in [0.4, 0.5) is 0 Å². The van der Waals surface area contributed by atoms with Gasteiger partial charge in [-0.1, -0.05) is 30.3 Å². The largest absolute Gasteiger partial charge is 0.375 e.